The van der Waals surface area contributed by atoms with E-state index in [-0.39, 0.29) is 18.2 Å². The van der Waals surface area contributed by atoms with Crippen LogP contribution in [0, 0.1) is 5.82 Å². The number of ether oxygens (including phenoxy) is 1. The zero-order chi connectivity index (χ0) is 14.7. The maximum Gasteiger partial charge on any atom is 0.270 e. The number of carbonyl (C=O) groups is 1. The van der Waals surface area contributed by atoms with Gasteiger partial charge in [0.2, 0.25) is 0 Å². The number of methoxy groups -OCH3 is 1. The number of aromatic amines is 1. The van der Waals surface area contributed by atoms with E-state index in [4.69, 9.17) is 16.3 Å². The number of nitrogens with one attached hydrogen (secondary N) is 1. The average Bonchev–Trinajstić information content (AvgIpc) is 2.84. The van der Waals surface area contributed by atoms with Gasteiger partial charge >= 0.3 is 0 Å². The number of hydrogen-bond acceptors (Lipinski definition) is 2. The molecule has 0 aliphatic heterocycles. The van der Waals surface area contributed by atoms with Crippen LogP contribution >= 0.6 is 11.6 Å². The molecule has 0 bridgehead atoms. The van der Waals surface area contributed by atoms with Crippen molar-refractivity contribution in [2.75, 3.05) is 14.2 Å². The Hall–Kier alpha value is -2.01. The second-order valence-corrected chi connectivity index (χ2v) is 4.80. The van der Waals surface area contributed by atoms with Gasteiger partial charge in [-0.05, 0) is 23.8 Å². The summed E-state index contributed by atoms with van der Waals surface area (Å²) in [5, 5.41) is 0.470. The van der Waals surface area contributed by atoms with Gasteiger partial charge in [-0.3, -0.25) is 4.79 Å². The summed E-state index contributed by atoms with van der Waals surface area (Å²) in [6.07, 6.45) is 1.54. The van der Waals surface area contributed by atoms with Crippen LogP contribution in [0.1, 0.15) is 16.1 Å². The van der Waals surface area contributed by atoms with E-state index in [1.54, 1.807) is 19.2 Å². The van der Waals surface area contributed by atoms with Gasteiger partial charge in [0.25, 0.3) is 5.91 Å². The Labute approximate surface area is 121 Å². The van der Waals surface area contributed by atoms with E-state index in [1.807, 2.05) is 0 Å². The van der Waals surface area contributed by atoms with Crippen molar-refractivity contribution in [3.8, 4) is 5.75 Å². The van der Waals surface area contributed by atoms with Crippen molar-refractivity contribution in [3.05, 3.63) is 52.6 Å². The minimum Gasteiger partial charge on any atom is -0.494 e. The zero-order valence-electron chi connectivity index (χ0n) is 11.1. The number of hydrogen-bond donors (Lipinski definition) is 1. The second kappa shape index (κ2) is 5.96. The first-order valence-corrected chi connectivity index (χ1v) is 6.31. The van der Waals surface area contributed by atoms with Crippen molar-refractivity contribution < 1.29 is 13.9 Å². The monoisotopic (exact) mass is 296 g/mol. The molecule has 2 rings (SSSR count). The highest BCUT2D eigenvalue weighted by Crippen LogP contribution is 2.19. The van der Waals surface area contributed by atoms with Crippen molar-refractivity contribution in [2.24, 2.45) is 0 Å². The van der Waals surface area contributed by atoms with Crippen LogP contribution in [-0.2, 0) is 6.54 Å². The highest BCUT2D eigenvalue weighted by molar-refractivity contribution is 6.30. The van der Waals surface area contributed by atoms with Gasteiger partial charge in [0.1, 0.15) is 5.69 Å². The van der Waals surface area contributed by atoms with Crippen molar-refractivity contribution in [3.63, 3.8) is 0 Å². The maximum atomic E-state index is 13.6. The first-order valence-electron chi connectivity index (χ1n) is 5.93. The lowest BCUT2D eigenvalue weighted by molar-refractivity contribution is 0.0780. The summed E-state index contributed by atoms with van der Waals surface area (Å²) in [5.41, 5.74) is 1.07. The number of nitrogens with zero attached hydrogens (tertiary/aromatic N) is 1. The highest BCUT2D eigenvalue weighted by atomic mass is 35.5. The van der Waals surface area contributed by atoms with Gasteiger partial charge in [-0.1, -0.05) is 17.7 Å². The summed E-state index contributed by atoms with van der Waals surface area (Å²) >= 11 is 5.76. The van der Waals surface area contributed by atoms with Crippen molar-refractivity contribution in [2.45, 2.75) is 6.54 Å². The first-order chi connectivity index (χ1) is 9.51. The van der Waals surface area contributed by atoms with Gasteiger partial charge in [-0.15, -0.1) is 0 Å². The van der Waals surface area contributed by atoms with Crippen molar-refractivity contribution in [1.29, 1.82) is 0 Å². The molecule has 106 valence electrons. The van der Waals surface area contributed by atoms with Crippen LogP contribution in [0.3, 0.4) is 0 Å². The molecule has 1 N–H and O–H groups in total. The minimum absolute atomic E-state index is 0.180. The molecular weight excluding hydrogens is 283 g/mol. The van der Waals surface area contributed by atoms with Crippen LogP contribution in [0.25, 0.3) is 0 Å². The third-order valence-corrected chi connectivity index (χ3v) is 3.08. The molecule has 0 fully saturated rings. The number of carbonyl (C=O) groups excluding carboxylic acids is 1. The van der Waals surface area contributed by atoms with Crippen LogP contribution in [0.15, 0.2) is 30.5 Å². The number of aromatic nitrogens is 1. The molecule has 1 aromatic carbocycles. The fraction of sp³-hybridized carbons (Fsp3) is 0.214. The average molecular weight is 297 g/mol. The third kappa shape index (κ3) is 3.11. The predicted molar refractivity (Wildman–Crippen MR) is 74.6 cm³/mol. The zero-order valence-corrected chi connectivity index (χ0v) is 11.9. The molecule has 1 aromatic heterocycles. The van der Waals surface area contributed by atoms with Gasteiger partial charge in [0.15, 0.2) is 11.6 Å². The number of amides is 1. The van der Waals surface area contributed by atoms with Crippen LogP contribution in [0.4, 0.5) is 4.39 Å². The Morgan fingerprint density at radius 1 is 1.45 bits per heavy atom. The molecule has 6 heteroatoms. The maximum absolute atomic E-state index is 13.6. The Morgan fingerprint density at radius 2 is 2.20 bits per heavy atom. The lowest BCUT2D eigenvalue weighted by Crippen LogP contribution is -2.26. The molecule has 0 aliphatic carbocycles. The largest absolute Gasteiger partial charge is 0.494 e. The van der Waals surface area contributed by atoms with E-state index < -0.39 is 5.82 Å². The lowest BCUT2D eigenvalue weighted by Gasteiger charge is -2.16. The molecule has 0 unspecified atom stereocenters. The van der Waals surface area contributed by atoms with E-state index in [1.165, 1.54) is 30.3 Å². The number of H-pyrrole nitrogens is 1. The quantitative estimate of drug-likeness (QED) is 0.942. The minimum atomic E-state index is -0.450. The van der Waals surface area contributed by atoms with Crippen LogP contribution in [0.2, 0.25) is 5.02 Å². The standard InChI is InChI=1S/C14H14ClFN2O2/c1-18(14(19)12-6-10(15)7-17-12)8-9-3-4-13(20-2)11(16)5-9/h3-7,17H,8H2,1-2H3. The van der Waals surface area contributed by atoms with E-state index in [2.05, 4.69) is 4.98 Å². The number of halogens is 2. The Balaban J connectivity index is 2.09. The highest BCUT2D eigenvalue weighted by Gasteiger charge is 2.14. The van der Waals surface area contributed by atoms with Gasteiger partial charge in [-0.25, -0.2) is 4.39 Å². The fourth-order valence-corrected chi connectivity index (χ4v) is 2.01. The molecule has 4 nitrogen and oxygen atoms in total. The topological polar surface area (TPSA) is 45.3 Å². The molecule has 20 heavy (non-hydrogen) atoms. The Bertz CT molecular complexity index is 627. The normalized spacial score (nSPS) is 10.4. The second-order valence-electron chi connectivity index (χ2n) is 4.36. The molecule has 0 atom stereocenters. The molecule has 2 aromatic rings. The van der Waals surface area contributed by atoms with Crippen LogP contribution in [-0.4, -0.2) is 29.9 Å². The molecule has 0 saturated heterocycles. The third-order valence-electron chi connectivity index (χ3n) is 2.86. The van der Waals surface area contributed by atoms with E-state index >= 15 is 0 Å². The first kappa shape index (κ1) is 14.4. The summed E-state index contributed by atoms with van der Waals surface area (Å²) in [5.74, 6) is -0.485. The molecule has 0 saturated carbocycles. The Kier molecular flexibility index (Phi) is 4.29. The smallest absolute Gasteiger partial charge is 0.270 e. The SMILES string of the molecule is COc1ccc(CN(C)C(=O)c2cc(Cl)c[nH]2)cc1F. The van der Waals surface area contributed by atoms with E-state index in [9.17, 15) is 9.18 Å². The Morgan fingerprint density at radius 3 is 2.75 bits per heavy atom. The van der Waals surface area contributed by atoms with Crippen molar-refractivity contribution >= 4 is 17.5 Å². The molecule has 0 aliphatic rings. The van der Waals surface area contributed by atoms with Gasteiger partial charge in [-0.2, -0.15) is 0 Å². The van der Waals surface area contributed by atoms with Crippen LogP contribution < -0.4 is 4.74 Å². The predicted octanol–water partition coefficient (Wildman–Crippen LogP) is 3.09. The number of rotatable bonds is 4. The molecule has 1 heterocycles. The number of benzene rings is 1. The van der Waals surface area contributed by atoms with E-state index in [0.717, 1.165) is 0 Å². The van der Waals surface area contributed by atoms with Crippen LogP contribution in [0.5, 0.6) is 5.75 Å². The molecule has 1 amide bonds. The van der Waals surface area contributed by atoms with Gasteiger partial charge < -0.3 is 14.6 Å². The molecular formula is C14H14ClFN2O2. The van der Waals surface area contributed by atoms with Gasteiger partial charge in [0, 0.05) is 19.8 Å². The summed E-state index contributed by atoms with van der Waals surface area (Å²) in [6, 6.07) is 6.15. The summed E-state index contributed by atoms with van der Waals surface area (Å²) in [6.45, 7) is 0.288. The van der Waals surface area contributed by atoms with Crippen molar-refractivity contribution in [1.82, 2.24) is 9.88 Å². The summed E-state index contributed by atoms with van der Waals surface area (Å²) in [7, 11) is 3.04. The summed E-state index contributed by atoms with van der Waals surface area (Å²) < 4.78 is 18.4. The van der Waals surface area contributed by atoms with E-state index in [0.29, 0.717) is 16.3 Å². The molecule has 0 radical (unpaired) electrons. The molecule has 0 spiro atoms. The fourth-order valence-electron chi connectivity index (χ4n) is 1.85. The lowest BCUT2D eigenvalue weighted by atomic mass is 10.2. The summed E-state index contributed by atoms with van der Waals surface area (Å²) in [4.78, 5) is 16.3. The van der Waals surface area contributed by atoms with Gasteiger partial charge in [0.05, 0.1) is 12.1 Å².